The quantitative estimate of drug-likeness (QED) is 0.353. The van der Waals surface area contributed by atoms with Crippen molar-refractivity contribution in [2.24, 2.45) is 5.84 Å². The normalized spacial score (nSPS) is 9.29. The molecule has 0 unspecified atom stereocenters. The number of hydrogen-bond donors (Lipinski definition) is 3. The lowest BCUT2D eigenvalue weighted by molar-refractivity contribution is 0.240. The zero-order valence-corrected chi connectivity index (χ0v) is 7.78. The van der Waals surface area contributed by atoms with E-state index in [-0.39, 0.29) is 0 Å². The van der Waals surface area contributed by atoms with Crippen LogP contribution in [0.15, 0.2) is 18.3 Å². The summed E-state index contributed by atoms with van der Waals surface area (Å²) in [6.07, 6.45) is 1.61. The molecule has 1 rings (SSSR count). The Bertz CT molecular complexity index is 316. The van der Waals surface area contributed by atoms with Crippen LogP contribution < -0.4 is 21.3 Å². The molecule has 0 aliphatic rings. The summed E-state index contributed by atoms with van der Waals surface area (Å²) in [5, 5.41) is 2.54. The summed E-state index contributed by atoms with van der Waals surface area (Å²) in [6.45, 7) is 0.377. The molecule has 0 bridgehead atoms. The van der Waals surface area contributed by atoms with Crippen molar-refractivity contribution in [1.82, 2.24) is 15.7 Å². The van der Waals surface area contributed by atoms with Gasteiger partial charge in [0.1, 0.15) is 0 Å². The van der Waals surface area contributed by atoms with E-state index in [1.54, 1.807) is 18.3 Å². The van der Waals surface area contributed by atoms with Gasteiger partial charge in [0.2, 0.25) is 5.88 Å². The molecular weight excluding hydrogens is 184 g/mol. The number of pyridine rings is 1. The van der Waals surface area contributed by atoms with Crippen LogP contribution in [0, 0.1) is 0 Å². The molecule has 0 aliphatic carbocycles. The van der Waals surface area contributed by atoms with Gasteiger partial charge in [-0.05, 0) is 11.6 Å². The molecule has 0 spiro atoms. The zero-order chi connectivity index (χ0) is 10.4. The first kappa shape index (κ1) is 10.3. The average Bonchev–Trinajstić information content (AvgIpc) is 2.26. The van der Waals surface area contributed by atoms with E-state index >= 15 is 0 Å². The van der Waals surface area contributed by atoms with Crippen LogP contribution in [0.25, 0.3) is 0 Å². The van der Waals surface area contributed by atoms with Crippen molar-refractivity contribution in [1.29, 1.82) is 0 Å². The summed E-state index contributed by atoms with van der Waals surface area (Å²) in [6, 6.07) is 3.08. The van der Waals surface area contributed by atoms with Gasteiger partial charge in [-0.3, -0.25) is 5.43 Å². The molecule has 1 aromatic rings. The van der Waals surface area contributed by atoms with Crippen molar-refractivity contribution in [2.75, 3.05) is 7.11 Å². The number of methoxy groups -OCH3 is 1. The Kier molecular flexibility index (Phi) is 3.69. The highest BCUT2D eigenvalue weighted by atomic mass is 16.5. The van der Waals surface area contributed by atoms with E-state index in [1.165, 1.54) is 7.11 Å². The van der Waals surface area contributed by atoms with Crippen molar-refractivity contribution in [3.05, 3.63) is 23.9 Å². The minimum absolute atomic E-state index is 0.377. The van der Waals surface area contributed by atoms with E-state index in [4.69, 9.17) is 10.6 Å². The fraction of sp³-hybridized carbons (Fsp3) is 0.250. The number of carbonyl (C=O) groups is 1. The molecule has 1 aromatic heterocycles. The van der Waals surface area contributed by atoms with Crippen LogP contribution in [0.5, 0.6) is 5.88 Å². The number of hydrogen-bond acceptors (Lipinski definition) is 4. The Morgan fingerprint density at radius 3 is 3.14 bits per heavy atom. The van der Waals surface area contributed by atoms with Gasteiger partial charge in [0.25, 0.3) is 0 Å². The van der Waals surface area contributed by atoms with Crippen LogP contribution in [-0.2, 0) is 6.54 Å². The van der Waals surface area contributed by atoms with Gasteiger partial charge in [-0.15, -0.1) is 0 Å². The molecule has 14 heavy (non-hydrogen) atoms. The number of amides is 2. The van der Waals surface area contributed by atoms with E-state index in [9.17, 15) is 4.79 Å². The second-order valence-corrected chi connectivity index (χ2v) is 2.53. The molecule has 2 amide bonds. The van der Waals surface area contributed by atoms with Crippen LogP contribution >= 0.6 is 0 Å². The second-order valence-electron chi connectivity index (χ2n) is 2.53. The molecule has 6 nitrogen and oxygen atoms in total. The van der Waals surface area contributed by atoms with Gasteiger partial charge >= 0.3 is 6.03 Å². The molecule has 0 atom stereocenters. The van der Waals surface area contributed by atoms with Gasteiger partial charge in [-0.2, -0.15) is 0 Å². The van der Waals surface area contributed by atoms with Gasteiger partial charge in [-0.1, -0.05) is 0 Å². The van der Waals surface area contributed by atoms with Crippen LogP contribution in [0.3, 0.4) is 0 Å². The Balaban J connectivity index is 2.54. The summed E-state index contributed by atoms with van der Waals surface area (Å²) in [4.78, 5) is 14.7. The Labute approximate surface area is 81.4 Å². The van der Waals surface area contributed by atoms with Crippen LogP contribution in [0.1, 0.15) is 5.56 Å². The predicted molar refractivity (Wildman–Crippen MR) is 50.3 cm³/mol. The SMILES string of the molecule is COc1cc(CNC(=O)NN)ccn1. The lowest BCUT2D eigenvalue weighted by Gasteiger charge is -2.05. The highest BCUT2D eigenvalue weighted by Gasteiger charge is 1.99. The van der Waals surface area contributed by atoms with E-state index in [0.717, 1.165) is 5.56 Å². The lowest BCUT2D eigenvalue weighted by Crippen LogP contribution is -2.39. The minimum atomic E-state index is -0.430. The Morgan fingerprint density at radius 1 is 1.71 bits per heavy atom. The molecule has 0 fully saturated rings. The summed E-state index contributed by atoms with van der Waals surface area (Å²) < 4.78 is 4.92. The highest BCUT2D eigenvalue weighted by Crippen LogP contribution is 2.07. The van der Waals surface area contributed by atoms with Crippen LogP contribution in [-0.4, -0.2) is 18.1 Å². The van der Waals surface area contributed by atoms with Gasteiger partial charge in [0, 0.05) is 18.8 Å². The fourth-order valence-corrected chi connectivity index (χ4v) is 0.905. The minimum Gasteiger partial charge on any atom is -0.481 e. The van der Waals surface area contributed by atoms with Crippen LogP contribution in [0.2, 0.25) is 0 Å². The molecule has 0 radical (unpaired) electrons. The summed E-state index contributed by atoms with van der Waals surface area (Å²) in [5.41, 5.74) is 2.86. The van der Waals surface area contributed by atoms with Gasteiger partial charge in [-0.25, -0.2) is 15.6 Å². The monoisotopic (exact) mass is 196 g/mol. The van der Waals surface area contributed by atoms with Crippen molar-refractivity contribution in [3.8, 4) is 5.88 Å². The molecule has 0 aromatic carbocycles. The molecule has 4 N–H and O–H groups in total. The first-order chi connectivity index (χ1) is 6.76. The molecule has 6 heteroatoms. The van der Waals surface area contributed by atoms with Crippen molar-refractivity contribution in [3.63, 3.8) is 0 Å². The third-order valence-corrected chi connectivity index (χ3v) is 1.59. The Morgan fingerprint density at radius 2 is 2.50 bits per heavy atom. The number of rotatable bonds is 3. The molecular formula is C8H12N4O2. The molecule has 1 heterocycles. The van der Waals surface area contributed by atoms with E-state index in [0.29, 0.717) is 12.4 Å². The third-order valence-electron chi connectivity index (χ3n) is 1.59. The summed E-state index contributed by atoms with van der Waals surface area (Å²) in [5.74, 6) is 5.40. The van der Waals surface area contributed by atoms with Crippen molar-refractivity contribution in [2.45, 2.75) is 6.54 Å². The highest BCUT2D eigenvalue weighted by molar-refractivity contribution is 5.72. The maximum absolute atomic E-state index is 10.7. The van der Waals surface area contributed by atoms with Gasteiger partial charge in [0.15, 0.2) is 0 Å². The average molecular weight is 196 g/mol. The van der Waals surface area contributed by atoms with E-state index in [2.05, 4.69) is 10.3 Å². The predicted octanol–water partition coefficient (Wildman–Crippen LogP) is -0.237. The maximum Gasteiger partial charge on any atom is 0.329 e. The number of hydrazine groups is 1. The van der Waals surface area contributed by atoms with Crippen molar-refractivity contribution < 1.29 is 9.53 Å². The molecule has 0 aliphatic heterocycles. The van der Waals surface area contributed by atoms with Crippen molar-refractivity contribution >= 4 is 6.03 Å². The third kappa shape index (κ3) is 2.91. The molecule has 76 valence electrons. The number of urea groups is 1. The van der Waals surface area contributed by atoms with Crippen LogP contribution in [0.4, 0.5) is 4.79 Å². The smallest absolute Gasteiger partial charge is 0.329 e. The maximum atomic E-state index is 10.7. The first-order valence-corrected chi connectivity index (χ1v) is 3.99. The zero-order valence-electron chi connectivity index (χ0n) is 7.78. The van der Waals surface area contributed by atoms with E-state index in [1.807, 2.05) is 5.43 Å². The number of nitrogens with two attached hydrogens (primary N) is 1. The Hall–Kier alpha value is -1.82. The standard InChI is InChI=1S/C8H12N4O2/c1-14-7-4-6(2-3-10-7)5-11-8(13)12-9/h2-4H,5,9H2,1H3,(H2,11,12,13). The number of ether oxygens (including phenoxy) is 1. The lowest BCUT2D eigenvalue weighted by atomic mass is 10.2. The second kappa shape index (κ2) is 5.03. The number of nitrogens with zero attached hydrogens (tertiary/aromatic N) is 1. The fourth-order valence-electron chi connectivity index (χ4n) is 0.905. The largest absolute Gasteiger partial charge is 0.481 e. The summed E-state index contributed by atoms with van der Waals surface area (Å²) in [7, 11) is 1.53. The van der Waals surface area contributed by atoms with Gasteiger partial charge in [0.05, 0.1) is 7.11 Å². The topological polar surface area (TPSA) is 89.3 Å². The molecule has 0 saturated heterocycles. The molecule has 0 saturated carbocycles. The number of carbonyl (C=O) groups excluding carboxylic acids is 1. The van der Waals surface area contributed by atoms with E-state index < -0.39 is 6.03 Å². The number of aromatic nitrogens is 1. The number of nitrogens with one attached hydrogen (secondary N) is 2. The first-order valence-electron chi connectivity index (χ1n) is 3.99. The van der Waals surface area contributed by atoms with Gasteiger partial charge < -0.3 is 10.1 Å². The summed E-state index contributed by atoms with van der Waals surface area (Å²) >= 11 is 0.